The van der Waals surface area contributed by atoms with Crippen molar-refractivity contribution in [2.75, 3.05) is 13.1 Å². The van der Waals surface area contributed by atoms with Crippen LogP contribution >= 0.6 is 38.5 Å². The average molecular weight is 451 g/mol. The smallest absolute Gasteiger partial charge is 0.255 e. The number of halogens is 2. The molecule has 1 aromatic carbocycles. The fraction of sp³-hybridized carbons (Fsp3) is 0.533. The van der Waals surface area contributed by atoms with E-state index in [0.717, 1.165) is 33.0 Å². The molecular formula is C15H20BrIN2O. The van der Waals surface area contributed by atoms with E-state index in [1.807, 2.05) is 30.0 Å². The van der Waals surface area contributed by atoms with Crippen molar-refractivity contribution < 1.29 is 4.79 Å². The SMILES string of the molecule is CCN(C(=O)c1cc(I)ccc1Br)C1CCCC1CN. The molecule has 0 radical (unpaired) electrons. The third-order valence-electron chi connectivity index (χ3n) is 4.08. The van der Waals surface area contributed by atoms with Gasteiger partial charge in [0.15, 0.2) is 0 Å². The largest absolute Gasteiger partial charge is 0.336 e. The summed E-state index contributed by atoms with van der Waals surface area (Å²) in [6, 6.07) is 6.18. The van der Waals surface area contributed by atoms with Crippen LogP contribution in [-0.2, 0) is 0 Å². The molecule has 0 spiro atoms. The van der Waals surface area contributed by atoms with Crippen LogP contribution in [0, 0.1) is 9.49 Å². The van der Waals surface area contributed by atoms with Crippen molar-refractivity contribution in [2.24, 2.45) is 11.7 Å². The molecule has 0 saturated heterocycles. The van der Waals surface area contributed by atoms with Gasteiger partial charge in [-0.25, -0.2) is 0 Å². The van der Waals surface area contributed by atoms with E-state index in [4.69, 9.17) is 5.73 Å². The van der Waals surface area contributed by atoms with Crippen LogP contribution in [0.15, 0.2) is 22.7 Å². The molecule has 2 atom stereocenters. The molecule has 1 fully saturated rings. The molecular weight excluding hydrogens is 431 g/mol. The summed E-state index contributed by atoms with van der Waals surface area (Å²) in [5.74, 6) is 0.559. The first-order valence-corrected chi connectivity index (χ1v) is 8.91. The molecule has 1 aliphatic rings. The van der Waals surface area contributed by atoms with Crippen molar-refractivity contribution in [3.63, 3.8) is 0 Å². The molecule has 0 bridgehead atoms. The van der Waals surface area contributed by atoms with Crippen LogP contribution in [0.4, 0.5) is 0 Å². The van der Waals surface area contributed by atoms with Crippen molar-refractivity contribution in [1.82, 2.24) is 4.90 Å². The normalized spacial score (nSPS) is 22.0. The predicted molar refractivity (Wildman–Crippen MR) is 93.8 cm³/mol. The molecule has 110 valence electrons. The summed E-state index contributed by atoms with van der Waals surface area (Å²) in [5.41, 5.74) is 6.61. The molecule has 0 aliphatic heterocycles. The lowest BCUT2D eigenvalue weighted by atomic mass is 10.0. The summed E-state index contributed by atoms with van der Waals surface area (Å²) in [4.78, 5) is 14.8. The van der Waals surface area contributed by atoms with Gasteiger partial charge in [0, 0.05) is 20.6 Å². The van der Waals surface area contributed by atoms with Crippen LogP contribution in [-0.4, -0.2) is 29.9 Å². The highest BCUT2D eigenvalue weighted by atomic mass is 127. The van der Waals surface area contributed by atoms with Gasteiger partial charge < -0.3 is 10.6 Å². The maximum Gasteiger partial charge on any atom is 0.255 e. The fourth-order valence-electron chi connectivity index (χ4n) is 3.05. The zero-order valence-corrected chi connectivity index (χ0v) is 15.4. The van der Waals surface area contributed by atoms with Gasteiger partial charge in [-0.05, 0) is 88.9 Å². The highest BCUT2D eigenvalue weighted by Gasteiger charge is 2.33. The van der Waals surface area contributed by atoms with E-state index in [2.05, 4.69) is 38.5 Å². The van der Waals surface area contributed by atoms with E-state index in [-0.39, 0.29) is 5.91 Å². The first-order valence-electron chi connectivity index (χ1n) is 7.04. The third-order valence-corrected chi connectivity index (χ3v) is 5.44. The Morgan fingerprint density at radius 2 is 2.25 bits per heavy atom. The van der Waals surface area contributed by atoms with Gasteiger partial charge in [-0.1, -0.05) is 6.42 Å². The molecule has 2 N–H and O–H groups in total. The van der Waals surface area contributed by atoms with Crippen LogP contribution in [0.2, 0.25) is 0 Å². The molecule has 0 aromatic heterocycles. The summed E-state index contributed by atoms with van der Waals surface area (Å²) >= 11 is 5.73. The standard InChI is InChI=1S/C15H20BrIN2O/c1-2-19(14-5-3-4-10(14)9-18)15(20)12-8-11(17)6-7-13(12)16/h6-8,10,14H,2-5,9,18H2,1H3. The Labute approximate surface area is 142 Å². The Morgan fingerprint density at radius 3 is 2.90 bits per heavy atom. The Morgan fingerprint density at radius 1 is 1.50 bits per heavy atom. The maximum absolute atomic E-state index is 12.8. The van der Waals surface area contributed by atoms with Crippen LogP contribution in [0.1, 0.15) is 36.5 Å². The zero-order valence-electron chi connectivity index (χ0n) is 11.6. The summed E-state index contributed by atoms with van der Waals surface area (Å²) < 4.78 is 1.94. The number of carbonyl (C=O) groups is 1. The van der Waals surface area contributed by atoms with Gasteiger partial charge >= 0.3 is 0 Å². The van der Waals surface area contributed by atoms with E-state index in [1.165, 1.54) is 6.42 Å². The van der Waals surface area contributed by atoms with E-state index in [0.29, 0.717) is 18.5 Å². The topological polar surface area (TPSA) is 46.3 Å². The second kappa shape index (κ2) is 7.22. The fourth-order valence-corrected chi connectivity index (χ4v) is 3.95. The highest BCUT2D eigenvalue weighted by molar-refractivity contribution is 14.1. The van der Waals surface area contributed by atoms with Crippen molar-refractivity contribution in [2.45, 2.75) is 32.2 Å². The molecule has 2 rings (SSSR count). The molecule has 1 saturated carbocycles. The average Bonchev–Trinajstić information content (AvgIpc) is 2.90. The zero-order chi connectivity index (χ0) is 14.7. The Kier molecular flexibility index (Phi) is 5.86. The summed E-state index contributed by atoms with van der Waals surface area (Å²) in [5, 5.41) is 0. The Bertz CT molecular complexity index is 495. The van der Waals surface area contributed by atoms with E-state index in [1.54, 1.807) is 0 Å². The van der Waals surface area contributed by atoms with Gasteiger partial charge in [0.05, 0.1) is 5.56 Å². The lowest BCUT2D eigenvalue weighted by Crippen LogP contribution is -2.44. The minimum absolute atomic E-state index is 0.114. The highest BCUT2D eigenvalue weighted by Crippen LogP contribution is 2.31. The second-order valence-corrected chi connectivity index (χ2v) is 7.31. The number of amides is 1. The summed E-state index contributed by atoms with van der Waals surface area (Å²) in [7, 11) is 0. The maximum atomic E-state index is 12.8. The first-order chi connectivity index (χ1) is 9.58. The van der Waals surface area contributed by atoms with Crippen molar-refractivity contribution in [1.29, 1.82) is 0 Å². The summed E-state index contributed by atoms with van der Waals surface area (Å²) in [6.45, 7) is 3.45. The van der Waals surface area contributed by atoms with Crippen LogP contribution in [0.5, 0.6) is 0 Å². The number of rotatable bonds is 4. The molecule has 20 heavy (non-hydrogen) atoms. The first kappa shape index (κ1) is 16.2. The van der Waals surface area contributed by atoms with Crippen molar-refractivity contribution in [3.8, 4) is 0 Å². The number of nitrogens with two attached hydrogens (primary N) is 1. The van der Waals surface area contributed by atoms with Gasteiger partial charge in [0.2, 0.25) is 0 Å². The molecule has 1 aliphatic carbocycles. The molecule has 2 unspecified atom stereocenters. The molecule has 3 nitrogen and oxygen atoms in total. The number of hydrogen-bond donors (Lipinski definition) is 1. The van der Waals surface area contributed by atoms with Crippen molar-refractivity contribution >= 4 is 44.4 Å². The van der Waals surface area contributed by atoms with Gasteiger partial charge in [-0.2, -0.15) is 0 Å². The Hall–Kier alpha value is -0.140. The van der Waals surface area contributed by atoms with Crippen LogP contribution < -0.4 is 5.73 Å². The Balaban J connectivity index is 2.27. The monoisotopic (exact) mass is 450 g/mol. The molecule has 5 heteroatoms. The number of nitrogens with zero attached hydrogens (tertiary/aromatic N) is 1. The van der Waals surface area contributed by atoms with Gasteiger partial charge in [-0.15, -0.1) is 0 Å². The number of benzene rings is 1. The predicted octanol–water partition coefficient (Wildman–Crippen LogP) is 3.64. The quantitative estimate of drug-likeness (QED) is 0.711. The molecule has 0 heterocycles. The van der Waals surface area contributed by atoms with Crippen LogP contribution in [0.3, 0.4) is 0 Å². The number of carbonyl (C=O) groups excluding carboxylic acids is 1. The van der Waals surface area contributed by atoms with Gasteiger partial charge in [-0.3, -0.25) is 4.79 Å². The number of hydrogen-bond acceptors (Lipinski definition) is 2. The van der Waals surface area contributed by atoms with Crippen LogP contribution in [0.25, 0.3) is 0 Å². The van der Waals surface area contributed by atoms with E-state index in [9.17, 15) is 4.79 Å². The minimum Gasteiger partial charge on any atom is -0.336 e. The van der Waals surface area contributed by atoms with Gasteiger partial charge in [0.1, 0.15) is 0 Å². The lowest BCUT2D eigenvalue weighted by molar-refractivity contribution is 0.0651. The lowest BCUT2D eigenvalue weighted by Gasteiger charge is -2.32. The van der Waals surface area contributed by atoms with Crippen molar-refractivity contribution in [3.05, 3.63) is 31.8 Å². The summed E-state index contributed by atoms with van der Waals surface area (Å²) in [6.07, 6.45) is 3.38. The van der Waals surface area contributed by atoms with E-state index >= 15 is 0 Å². The molecule has 1 aromatic rings. The third kappa shape index (κ3) is 3.36. The minimum atomic E-state index is 0.114. The van der Waals surface area contributed by atoms with E-state index < -0.39 is 0 Å². The second-order valence-electron chi connectivity index (χ2n) is 5.21. The molecule has 1 amide bonds. The van der Waals surface area contributed by atoms with Gasteiger partial charge in [0.25, 0.3) is 5.91 Å².